The average Bonchev–Trinajstić information content (AvgIpc) is 3.16. The van der Waals surface area contributed by atoms with Gasteiger partial charge in [0.1, 0.15) is 0 Å². The number of fused-ring (bicyclic) bond motifs is 1. The van der Waals surface area contributed by atoms with Gasteiger partial charge in [-0.05, 0) is 25.0 Å². The fourth-order valence-corrected chi connectivity index (χ4v) is 2.80. The molecule has 6 heteroatoms. The van der Waals surface area contributed by atoms with Gasteiger partial charge in [0.25, 0.3) is 11.8 Å². The second-order valence-corrected chi connectivity index (χ2v) is 5.49. The number of imide groups is 1. The van der Waals surface area contributed by atoms with Crippen molar-refractivity contribution in [2.45, 2.75) is 25.4 Å². The molecule has 2 N–H and O–H groups in total. The molecule has 1 aliphatic heterocycles. The number of nitrogen functional groups attached to an aromatic ring is 1. The van der Waals surface area contributed by atoms with Crippen molar-refractivity contribution in [1.29, 1.82) is 0 Å². The molecule has 2 aliphatic rings. The van der Waals surface area contributed by atoms with Crippen LogP contribution in [-0.4, -0.2) is 26.3 Å². The van der Waals surface area contributed by atoms with Gasteiger partial charge in [-0.1, -0.05) is 6.07 Å². The van der Waals surface area contributed by atoms with Gasteiger partial charge in [0.05, 0.1) is 29.7 Å². The molecule has 1 saturated carbocycles. The van der Waals surface area contributed by atoms with Crippen LogP contribution in [0.4, 0.5) is 5.69 Å². The Morgan fingerprint density at radius 3 is 2.76 bits per heavy atom. The van der Waals surface area contributed by atoms with Gasteiger partial charge >= 0.3 is 0 Å². The number of benzene rings is 1. The van der Waals surface area contributed by atoms with Gasteiger partial charge in [0.15, 0.2) is 0 Å². The fraction of sp³-hybridized carbons (Fsp3) is 0.267. The molecule has 1 aromatic heterocycles. The van der Waals surface area contributed by atoms with Gasteiger partial charge in [-0.3, -0.25) is 14.5 Å². The molecule has 1 fully saturated rings. The number of nitrogens with two attached hydrogens (primary N) is 1. The summed E-state index contributed by atoms with van der Waals surface area (Å²) < 4.78 is 2.05. The molecule has 0 radical (unpaired) electrons. The molecule has 21 heavy (non-hydrogen) atoms. The zero-order valence-corrected chi connectivity index (χ0v) is 11.3. The minimum atomic E-state index is -0.323. The molecule has 2 heterocycles. The predicted octanol–water partition coefficient (Wildman–Crippen LogP) is 1.60. The highest BCUT2D eigenvalue weighted by Crippen LogP contribution is 2.36. The highest BCUT2D eigenvalue weighted by molar-refractivity contribution is 6.23. The first-order valence-electron chi connectivity index (χ1n) is 6.92. The van der Waals surface area contributed by atoms with E-state index in [1.165, 1.54) is 4.90 Å². The van der Waals surface area contributed by atoms with Crippen molar-refractivity contribution in [3.05, 3.63) is 47.5 Å². The van der Waals surface area contributed by atoms with Crippen molar-refractivity contribution in [3.63, 3.8) is 0 Å². The summed E-state index contributed by atoms with van der Waals surface area (Å²) in [6, 6.07) is 5.44. The molecule has 0 atom stereocenters. The number of nitrogens with zero attached hydrogens (tertiary/aromatic N) is 3. The summed E-state index contributed by atoms with van der Waals surface area (Å²) in [5, 5.41) is 0. The van der Waals surface area contributed by atoms with E-state index in [1.807, 2.05) is 4.57 Å². The monoisotopic (exact) mass is 282 g/mol. The lowest BCUT2D eigenvalue weighted by atomic mass is 10.1. The van der Waals surface area contributed by atoms with Crippen LogP contribution < -0.4 is 5.73 Å². The summed E-state index contributed by atoms with van der Waals surface area (Å²) >= 11 is 0. The molecular weight excluding hydrogens is 268 g/mol. The number of carbonyl (C=O) groups is 2. The third-order valence-electron chi connectivity index (χ3n) is 4.04. The van der Waals surface area contributed by atoms with E-state index in [9.17, 15) is 9.59 Å². The van der Waals surface area contributed by atoms with Gasteiger partial charge < -0.3 is 10.3 Å². The Bertz CT molecular complexity index is 761. The number of hydrogen-bond donors (Lipinski definition) is 1. The van der Waals surface area contributed by atoms with E-state index in [0.717, 1.165) is 18.5 Å². The van der Waals surface area contributed by atoms with Crippen LogP contribution in [0.2, 0.25) is 0 Å². The number of aromatic nitrogens is 2. The van der Waals surface area contributed by atoms with Crippen molar-refractivity contribution < 1.29 is 9.59 Å². The molecule has 106 valence electrons. The van der Waals surface area contributed by atoms with Crippen LogP contribution in [0.25, 0.3) is 0 Å². The minimum absolute atomic E-state index is 0.238. The van der Waals surface area contributed by atoms with Gasteiger partial charge in [-0.2, -0.15) is 0 Å². The standard InChI is InChI=1S/C15H14N4O2/c16-12-3-1-2-11-13(12)15(21)18(14(11)20)7-10-6-17-8-19(10)9-4-5-9/h1-3,6,8-9H,4-5,7,16H2. The second-order valence-electron chi connectivity index (χ2n) is 5.49. The van der Waals surface area contributed by atoms with Gasteiger partial charge in [0, 0.05) is 17.9 Å². The van der Waals surface area contributed by atoms with Crippen LogP contribution in [0.1, 0.15) is 45.3 Å². The van der Waals surface area contributed by atoms with Crippen molar-refractivity contribution in [2.75, 3.05) is 5.73 Å². The summed E-state index contributed by atoms with van der Waals surface area (Å²) in [7, 11) is 0. The molecule has 0 spiro atoms. The number of imidazole rings is 1. The van der Waals surface area contributed by atoms with E-state index in [4.69, 9.17) is 5.73 Å². The number of carbonyl (C=O) groups excluding carboxylic acids is 2. The summed E-state index contributed by atoms with van der Waals surface area (Å²) in [5.41, 5.74) is 7.77. The van der Waals surface area contributed by atoms with Crippen LogP contribution in [0, 0.1) is 0 Å². The molecule has 0 unspecified atom stereocenters. The van der Waals surface area contributed by atoms with E-state index in [0.29, 0.717) is 22.9 Å². The highest BCUT2D eigenvalue weighted by Gasteiger charge is 2.38. The smallest absolute Gasteiger partial charge is 0.264 e. The molecule has 1 aliphatic carbocycles. The lowest BCUT2D eigenvalue weighted by Gasteiger charge is -2.15. The quantitative estimate of drug-likeness (QED) is 0.684. The van der Waals surface area contributed by atoms with Gasteiger partial charge in [-0.25, -0.2) is 4.98 Å². The molecule has 0 bridgehead atoms. The third kappa shape index (κ3) is 1.75. The SMILES string of the molecule is Nc1cccc2c1C(=O)N(Cc1cncn1C1CC1)C2=O. The first-order valence-corrected chi connectivity index (χ1v) is 6.92. The minimum Gasteiger partial charge on any atom is -0.398 e. The number of anilines is 1. The van der Waals surface area contributed by atoms with Crippen molar-refractivity contribution >= 4 is 17.5 Å². The van der Waals surface area contributed by atoms with Crippen molar-refractivity contribution in [1.82, 2.24) is 14.5 Å². The first-order chi connectivity index (χ1) is 10.2. The third-order valence-corrected chi connectivity index (χ3v) is 4.04. The van der Waals surface area contributed by atoms with Crippen LogP contribution in [0.15, 0.2) is 30.7 Å². The van der Waals surface area contributed by atoms with Crippen LogP contribution in [-0.2, 0) is 6.54 Å². The Morgan fingerprint density at radius 1 is 1.24 bits per heavy atom. The maximum absolute atomic E-state index is 12.4. The van der Waals surface area contributed by atoms with Crippen molar-refractivity contribution in [2.24, 2.45) is 0 Å². The Labute approximate surface area is 121 Å². The maximum Gasteiger partial charge on any atom is 0.264 e. The van der Waals surface area contributed by atoms with E-state index < -0.39 is 0 Å². The van der Waals surface area contributed by atoms with Crippen molar-refractivity contribution in [3.8, 4) is 0 Å². The Morgan fingerprint density at radius 2 is 2.05 bits per heavy atom. The Hall–Kier alpha value is -2.63. The second kappa shape index (κ2) is 4.18. The summed E-state index contributed by atoms with van der Waals surface area (Å²) in [6.45, 7) is 0.238. The van der Waals surface area contributed by atoms with Crippen LogP contribution >= 0.6 is 0 Å². The lowest BCUT2D eigenvalue weighted by molar-refractivity contribution is 0.0639. The summed E-state index contributed by atoms with van der Waals surface area (Å²) in [6.07, 6.45) is 5.72. The number of rotatable bonds is 3. The maximum atomic E-state index is 12.4. The van der Waals surface area contributed by atoms with Gasteiger partial charge in [0.2, 0.25) is 0 Å². The van der Waals surface area contributed by atoms with E-state index in [-0.39, 0.29) is 18.4 Å². The largest absolute Gasteiger partial charge is 0.398 e. The zero-order chi connectivity index (χ0) is 14.6. The molecule has 4 rings (SSSR count). The van der Waals surface area contributed by atoms with Crippen LogP contribution in [0.5, 0.6) is 0 Å². The highest BCUT2D eigenvalue weighted by atomic mass is 16.2. The first kappa shape index (κ1) is 12.1. The topological polar surface area (TPSA) is 81.2 Å². The normalized spacial score (nSPS) is 17.4. The molecule has 2 amide bonds. The molecule has 6 nitrogen and oxygen atoms in total. The van der Waals surface area contributed by atoms with E-state index >= 15 is 0 Å². The van der Waals surface area contributed by atoms with E-state index in [1.54, 1.807) is 30.7 Å². The predicted molar refractivity (Wildman–Crippen MR) is 75.6 cm³/mol. The summed E-state index contributed by atoms with van der Waals surface area (Å²) in [4.78, 5) is 30.2. The number of amides is 2. The summed E-state index contributed by atoms with van der Waals surface area (Å²) in [5.74, 6) is -0.609. The Kier molecular flexibility index (Phi) is 2.42. The average molecular weight is 282 g/mol. The fourth-order valence-electron chi connectivity index (χ4n) is 2.80. The van der Waals surface area contributed by atoms with E-state index in [2.05, 4.69) is 4.98 Å². The lowest BCUT2D eigenvalue weighted by Crippen LogP contribution is -2.30. The molecular formula is C15H14N4O2. The molecule has 1 aromatic carbocycles. The van der Waals surface area contributed by atoms with Gasteiger partial charge in [-0.15, -0.1) is 0 Å². The number of hydrogen-bond acceptors (Lipinski definition) is 4. The molecule has 2 aromatic rings. The molecule has 0 saturated heterocycles. The van der Waals surface area contributed by atoms with Crippen LogP contribution in [0.3, 0.4) is 0 Å². The Balaban J connectivity index is 1.68. The zero-order valence-electron chi connectivity index (χ0n) is 11.3.